The Kier molecular flexibility index (Phi) is 6.78. The third kappa shape index (κ3) is 5.18. The van der Waals surface area contributed by atoms with Crippen LogP contribution in [-0.4, -0.2) is 41.8 Å². The van der Waals surface area contributed by atoms with Crippen molar-refractivity contribution in [2.24, 2.45) is 0 Å². The van der Waals surface area contributed by atoms with Crippen LogP contribution in [0.4, 0.5) is 11.4 Å². The predicted octanol–water partition coefficient (Wildman–Crippen LogP) is 3.46. The number of hydrogen-bond acceptors (Lipinski definition) is 7. The first-order valence-corrected chi connectivity index (χ1v) is 11.9. The second kappa shape index (κ2) is 9.92. The Bertz CT molecular complexity index is 1310. The Labute approximate surface area is 197 Å². The first-order valence-electron chi connectivity index (χ1n) is 10.4. The van der Waals surface area contributed by atoms with Gasteiger partial charge >= 0.3 is 0 Å². The van der Waals surface area contributed by atoms with Gasteiger partial charge in [-0.25, -0.2) is 8.42 Å². The van der Waals surface area contributed by atoms with Gasteiger partial charge in [0.2, 0.25) is 5.91 Å². The fourth-order valence-electron chi connectivity index (χ4n) is 3.46. The van der Waals surface area contributed by atoms with Crippen LogP contribution >= 0.6 is 0 Å². The Morgan fingerprint density at radius 2 is 1.59 bits per heavy atom. The largest absolute Gasteiger partial charge is 0.495 e. The zero-order valence-corrected chi connectivity index (χ0v) is 19.5. The molecule has 0 saturated heterocycles. The number of rotatable bonds is 8. The van der Waals surface area contributed by atoms with E-state index in [1.54, 1.807) is 42.5 Å². The monoisotopic (exact) mass is 484 g/mol. The van der Waals surface area contributed by atoms with Crippen LogP contribution in [0.25, 0.3) is 0 Å². The van der Waals surface area contributed by atoms with Gasteiger partial charge in [0, 0.05) is 0 Å². The molecule has 3 aromatic rings. The molecule has 3 aromatic carbocycles. The van der Waals surface area contributed by atoms with Crippen LogP contribution in [0.15, 0.2) is 65.6 Å². The smallest absolute Gasteiger partial charge is 0.262 e. The Hall–Kier alpha value is -3.92. The molecule has 0 aliphatic carbocycles. The lowest BCUT2D eigenvalue weighted by atomic mass is 10.1. The zero-order chi connectivity index (χ0) is 24.1. The summed E-state index contributed by atoms with van der Waals surface area (Å²) in [6.07, 6.45) is 0.0518. The minimum absolute atomic E-state index is 0.0474. The van der Waals surface area contributed by atoms with Crippen molar-refractivity contribution >= 4 is 27.3 Å². The van der Waals surface area contributed by atoms with E-state index in [0.717, 1.165) is 5.56 Å². The van der Waals surface area contributed by atoms with Crippen LogP contribution in [0.1, 0.15) is 5.56 Å². The Morgan fingerprint density at radius 1 is 0.882 bits per heavy atom. The predicted molar refractivity (Wildman–Crippen MR) is 127 cm³/mol. The number of fused-ring (bicyclic) bond motifs is 1. The van der Waals surface area contributed by atoms with E-state index in [4.69, 9.17) is 18.9 Å². The third-order valence-corrected chi connectivity index (χ3v) is 6.44. The summed E-state index contributed by atoms with van der Waals surface area (Å²) >= 11 is 0. The van der Waals surface area contributed by atoms with Crippen molar-refractivity contribution in [3.05, 3.63) is 66.2 Å². The first-order chi connectivity index (χ1) is 16.4. The average molecular weight is 485 g/mol. The van der Waals surface area contributed by atoms with Gasteiger partial charge in [-0.15, -0.1) is 0 Å². The van der Waals surface area contributed by atoms with Gasteiger partial charge < -0.3 is 24.3 Å². The molecule has 0 saturated carbocycles. The molecular formula is C24H24N2O7S. The van der Waals surface area contributed by atoms with E-state index in [-0.39, 0.29) is 22.9 Å². The molecule has 0 atom stereocenters. The van der Waals surface area contributed by atoms with Crippen LogP contribution in [0, 0.1) is 0 Å². The lowest BCUT2D eigenvalue weighted by Gasteiger charge is -2.19. The van der Waals surface area contributed by atoms with Crippen molar-refractivity contribution in [2.75, 3.05) is 37.5 Å². The minimum Gasteiger partial charge on any atom is -0.495 e. The quantitative estimate of drug-likeness (QED) is 0.504. The number of carbonyl (C=O) groups is 1. The van der Waals surface area contributed by atoms with E-state index < -0.39 is 10.0 Å². The van der Waals surface area contributed by atoms with Gasteiger partial charge in [0.25, 0.3) is 10.0 Å². The molecule has 1 amide bonds. The van der Waals surface area contributed by atoms with Crippen LogP contribution in [0.5, 0.6) is 23.0 Å². The number of para-hydroxylation sites is 2. The summed E-state index contributed by atoms with van der Waals surface area (Å²) < 4.78 is 50.1. The van der Waals surface area contributed by atoms with Gasteiger partial charge in [-0.1, -0.05) is 18.2 Å². The van der Waals surface area contributed by atoms with Crippen molar-refractivity contribution < 1.29 is 32.2 Å². The number of carbonyl (C=O) groups excluding carboxylic acids is 1. The maximum Gasteiger partial charge on any atom is 0.262 e. The lowest BCUT2D eigenvalue weighted by molar-refractivity contribution is -0.115. The van der Waals surface area contributed by atoms with E-state index in [9.17, 15) is 13.2 Å². The minimum atomic E-state index is -3.97. The van der Waals surface area contributed by atoms with Crippen LogP contribution in [-0.2, 0) is 21.2 Å². The molecule has 9 nitrogen and oxygen atoms in total. The second-order valence-corrected chi connectivity index (χ2v) is 9.05. The molecule has 0 fully saturated rings. The van der Waals surface area contributed by atoms with Crippen molar-refractivity contribution in [1.29, 1.82) is 0 Å². The summed E-state index contributed by atoms with van der Waals surface area (Å²) in [4.78, 5) is 12.7. The number of hydrogen-bond donors (Lipinski definition) is 2. The lowest BCUT2D eigenvalue weighted by Crippen LogP contribution is -2.18. The van der Waals surface area contributed by atoms with E-state index in [2.05, 4.69) is 10.0 Å². The molecular weight excluding hydrogens is 460 g/mol. The molecule has 1 heterocycles. The number of amides is 1. The molecule has 1 aliphatic rings. The summed E-state index contributed by atoms with van der Waals surface area (Å²) in [5.41, 5.74) is 1.25. The standard InChI is InChI=1S/C24H24N2O7S/c1-30-20-6-4-3-5-18(20)26-34(28,29)17-8-10-21(31-2)19(15-17)25-24(27)14-16-7-9-22-23(13-16)33-12-11-32-22/h3-10,13,15,26H,11-12,14H2,1-2H3,(H,25,27). The summed E-state index contributed by atoms with van der Waals surface area (Å²) in [6, 6.07) is 16.2. The highest BCUT2D eigenvalue weighted by Gasteiger charge is 2.20. The van der Waals surface area contributed by atoms with Crippen molar-refractivity contribution in [3.63, 3.8) is 0 Å². The number of sulfonamides is 1. The van der Waals surface area contributed by atoms with Gasteiger partial charge in [-0.3, -0.25) is 9.52 Å². The highest BCUT2D eigenvalue weighted by Crippen LogP contribution is 2.32. The van der Waals surface area contributed by atoms with Crippen molar-refractivity contribution in [1.82, 2.24) is 0 Å². The van der Waals surface area contributed by atoms with Gasteiger partial charge in [-0.05, 0) is 48.0 Å². The average Bonchev–Trinajstić information content (AvgIpc) is 2.84. The third-order valence-electron chi connectivity index (χ3n) is 5.08. The molecule has 0 unspecified atom stereocenters. The second-order valence-electron chi connectivity index (χ2n) is 7.37. The van der Waals surface area contributed by atoms with Gasteiger partial charge in [0.1, 0.15) is 24.7 Å². The highest BCUT2D eigenvalue weighted by atomic mass is 32.2. The summed E-state index contributed by atoms with van der Waals surface area (Å²) in [7, 11) is -1.07. The summed E-state index contributed by atoms with van der Waals surface area (Å²) in [5.74, 6) is 1.59. The fraction of sp³-hybridized carbons (Fsp3) is 0.208. The fourth-order valence-corrected chi connectivity index (χ4v) is 4.56. The van der Waals surface area contributed by atoms with Crippen molar-refractivity contribution in [3.8, 4) is 23.0 Å². The SMILES string of the molecule is COc1ccc(S(=O)(=O)Nc2ccccc2OC)cc1NC(=O)Cc1ccc2c(c1)OCCO2. The first kappa shape index (κ1) is 23.2. The van der Waals surface area contributed by atoms with Crippen LogP contribution in [0.2, 0.25) is 0 Å². The molecule has 0 bridgehead atoms. The Balaban J connectivity index is 1.53. The van der Waals surface area contributed by atoms with Crippen LogP contribution < -0.4 is 29.0 Å². The molecule has 10 heteroatoms. The molecule has 178 valence electrons. The van der Waals surface area contributed by atoms with E-state index in [0.29, 0.717) is 41.9 Å². The van der Waals surface area contributed by atoms with Gasteiger partial charge in [-0.2, -0.15) is 0 Å². The van der Waals surface area contributed by atoms with Gasteiger partial charge in [0.15, 0.2) is 11.5 Å². The number of benzene rings is 3. The summed E-state index contributed by atoms with van der Waals surface area (Å²) in [5, 5.41) is 2.74. The highest BCUT2D eigenvalue weighted by molar-refractivity contribution is 7.92. The zero-order valence-electron chi connectivity index (χ0n) is 18.7. The van der Waals surface area contributed by atoms with Crippen molar-refractivity contribution in [2.45, 2.75) is 11.3 Å². The number of ether oxygens (including phenoxy) is 4. The van der Waals surface area contributed by atoms with E-state index in [1.807, 2.05) is 0 Å². The Morgan fingerprint density at radius 3 is 2.35 bits per heavy atom. The molecule has 34 heavy (non-hydrogen) atoms. The molecule has 2 N–H and O–H groups in total. The number of nitrogens with one attached hydrogen (secondary N) is 2. The molecule has 0 spiro atoms. The van der Waals surface area contributed by atoms with E-state index >= 15 is 0 Å². The number of anilines is 2. The normalized spacial score (nSPS) is 12.5. The summed E-state index contributed by atoms with van der Waals surface area (Å²) in [6.45, 7) is 0.932. The maximum absolute atomic E-state index is 13.0. The molecule has 0 radical (unpaired) electrons. The van der Waals surface area contributed by atoms with Crippen LogP contribution in [0.3, 0.4) is 0 Å². The molecule has 4 rings (SSSR count). The number of methoxy groups -OCH3 is 2. The topological polar surface area (TPSA) is 112 Å². The van der Waals surface area contributed by atoms with E-state index in [1.165, 1.54) is 32.4 Å². The molecule has 0 aromatic heterocycles. The maximum atomic E-state index is 13.0. The van der Waals surface area contributed by atoms with Gasteiger partial charge in [0.05, 0.1) is 36.9 Å². The molecule has 1 aliphatic heterocycles.